The molecule has 0 bridgehead atoms. The van der Waals surface area contributed by atoms with Crippen LogP contribution in [0.1, 0.15) is 27.9 Å². The van der Waals surface area contributed by atoms with Crippen molar-refractivity contribution in [3.63, 3.8) is 0 Å². The Bertz CT molecular complexity index is 1640. The van der Waals surface area contributed by atoms with E-state index < -0.39 is 23.5 Å². The number of nitrogens with one attached hydrogen (secondary N) is 1. The molecule has 37 heavy (non-hydrogen) atoms. The first kappa shape index (κ1) is 24.3. The Morgan fingerprint density at radius 3 is 2.43 bits per heavy atom. The van der Waals surface area contributed by atoms with E-state index in [2.05, 4.69) is 20.7 Å². The van der Waals surface area contributed by atoms with E-state index in [-0.39, 0.29) is 15.8 Å². The highest BCUT2D eigenvalue weighted by Crippen LogP contribution is 2.36. The Morgan fingerprint density at radius 2 is 1.70 bits per heavy atom. The highest BCUT2D eigenvalue weighted by Gasteiger charge is 2.33. The molecule has 1 N–H and O–H groups in total. The summed E-state index contributed by atoms with van der Waals surface area (Å²) in [5.74, 6) is -1.08. The molecule has 0 atom stereocenters. The Morgan fingerprint density at radius 1 is 0.973 bits per heavy atom. The summed E-state index contributed by atoms with van der Waals surface area (Å²) in [6, 6.07) is 19.5. The van der Waals surface area contributed by atoms with E-state index in [1.807, 2.05) is 30.3 Å². The van der Waals surface area contributed by atoms with Crippen molar-refractivity contribution in [2.24, 2.45) is 5.10 Å². The molecule has 1 amide bonds. The molecule has 6 nitrogen and oxygen atoms in total. The van der Waals surface area contributed by atoms with Gasteiger partial charge in [-0.15, -0.1) is 10.2 Å². The van der Waals surface area contributed by atoms with Crippen LogP contribution in [0.5, 0.6) is 0 Å². The molecule has 11 heteroatoms. The third kappa shape index (κ3) is 5.12. The number of carbonyl (C=O) groups is 1. The number of hydrazone groups is 1. The van der Waals surface area contributed by atoms with E-state index in [0.29, 0.717) is 16.8 Å². The summed E-state index contributed by atoms with van der Waals surface area (Å²) >= 11 is 0.822. The SMILES string of the molecule is C/C(=N\NC(=O)c1nnc(-n2cc(C(F)(F)F)cc2-c2ccc3ccccc3c2)s1)c1ccc(F)cc1. The first-order valence-electron chi connectivity index (χ1n) is 10.9. The third-order valence-electron chi connectivity index (χ3n) is 5.59. The largest absolute Gasteiger partial charge is 0.417 e. The number of hydrogen-bond acceptors (Lipinski definition) is 5. The molecule has 0 aliphatic rings. The average molecular weight is 524 g/mol. The number of carbonyl (C=O) groups excluding carboxylic acids is 1. The van der Waals surface area contributed by atoms with Gasteiger partial charge in [0.2, 0.25) is 10.1 Å². The predicted octanol–water partition coefficient (Wildman–Crippen LogP) is 6.46. The molecule has 0 aliphatic carbocycles. The minimum absolute atomic E-state index is 0.0858. The quantitative estimate of drug-likeness (QED) is 0.163. The van der Waals surface area contributed by atoms with Crippen LogP contribution < -0.4 is 5.43 Å². The number of aromatic nitrogens is 3. The molecule has 5 rings (SSSR count). The molecule has 2 aromatic heterocycles. The average Bonchev–Trinajstić information content (AvgIpc) is 3.55. The van der Waals surface area contributed by atoms with Crippen molar-refractivity contribution in [3.05, 3.63) is 101 Å². The van der Waals surface area contributed by atoms with Gasteiger partial charge in [-0.05, 0) is 53.1 Å². The lowest BCUT2D eigenvalue weighted by atomic mass is 10.0. The molecule has 0 aliphatic heterocycles. The van der Waals surface area contributed by atoms with Crippen LogP contribution in [0.2, 0.25) is 0 Å². The van der Waals surface area contributed by atoms with Gasteiger partial charge in [0.25, 0.3) is 0 Å². The fourth-order valence-electron chi connectivity index (χ4n) is 3.69. The van der Waals surface area contributed by atoms with Crippen LogP contribution in [-0.2, 0) is 6.18 Å². The van der Waals surface area contributed by atoms with Gasteiger partial charge in [-0.25, -0.2) is 9.82 Å². The number of alkyl halides is 3. The summed E-state index contributed by atoms with van der Waals surface area (Å²) in [5, 5.41) is 13.6. The van der Waals surface area contributed by atoms with Crippen molar-refractivity contribution in [3.8, 4) is 16.4 Å². The molecule has 186 valence electrons. The summed E-state index contributed by atoms with van der Waals surface area (Å²) in [5.41, 5.74) is 3.33. The zero-order valence-electron chi connectivity index (χ0n) is 19.1. The van der Waals surface area contributed by atoms with Crippen LogP contribution in [0, 0.1) is 5.82 Å². The standard InChI is InChI=1S/C26H17F4N5OS/c1-15(16-8-10-21(27)11-9-16)31-32-23(36)24-33-34-25(37-24)35-14-20(26(28,29)30)13-22(35)19-7-6-17-4-2-3-5-18(17)12-19/h2-14H,1H3,(H,32,36)/b31-15+. The van der Waals surface area contributed by atoms with Crippen molar-refractivity contribution in [2.75, 3.05) is 0 Å². The van der Waals surface area contributed by atoms with E-state index in [1.165, 1.54) is 28.8 Å². The van der Waals surface area contributed by atoms with Gasteiger partial charge in [0.1, 0.15) is 5.82 Å². The number of amides is 1. The number of hydrogen-bond donors (Lipinski definition) is 1. The number of halogens is 4. The summed E-state index contributed by atoms with van der Waals surface area (Å²) in [6.07, 6.45) is -3.64. The fraction of sp³-hybridized carbons (Fsp3) is 0.0769. The van der Waals surface area contributed by atoms with Crippen molar-refractivity contribution in [1.82, 2.24) is 20.2 Å². The third-order valence-corrected chi connectivity index (χ3v) is 6.52. The van der Waals surface area contributed by atoms with Crippen LogP contribution >= 0.6 is 11.3 Å². The molecular weight excluding hydrogens is 506 g/mol. The highest BCUT2D eigenvalue weighted by molar-refractivity contribution is 7.15. The lowest BCUT2D eigenvalue weighted by molar-refractivity contribution is -0.137. The van der Waals surface area contributed by atoms with Gasteiger partial charge in [-0.2, -0.15) is 18.3 Å². The van der Waals surface area contributed by atoms with E-state index in [0.717, 1.165) is 34.4 Å². The minimum Gasteiger partial charge on any atom is -0.291 e. The molecule has 0 saturated heterocycles. The Labute approximate surface area is 211 Å². The lowest BCUT2D eigenvalue weighted by Crippen LogP contribution is -2.19. The van der Waals surface area contributed by atoms with Gasteiger partial charge in [0, 0.05) is 6.20 Å². The van der Waals surface area contributed by atoms with Crippen LogP contribution in [0.3, 0.4) is 0 Å². The zero-order chi connectivity index (χ0) is 26.2. The molecule has 0 radical (unpaired) electrons. The minimum atomic E-state index is -4.58. The second kappa shape index (κ2) is 9.58. The topological polar surface area (TPSA) is 72.2 Å². The summed E-state index contributed by atoms with van der Waals surface area (Å²) in [4.78, 5) is 12.6. The van der Waals surface area contributed by atoms with Crippen molar-refractivity contribution in [1.29, 1.82) is 0 Å². The molecule has 0 fully saturated rings. The maximum absolute atomic E-state index is 13.6. The maximum atomic E-state index is 13.6. The van der Waals surface area contributed by atoms with Gasteiger partial charge >= 0.3 is 12.1 Å². The van der Waals surface area contributed by atoms with Crippen LogP contribution in [0.15, 0.2) is 84.1 Å². The smallest absolute Gasteiger partial charge is 0.291 e. The first-order chi connectivity index (χ1) is 17.7. The van der Waals surface area contributed by atoms with Crippen LogP contribution in [0.25, 0.3) is 27.2 Å². The van der Waals surface area contributed by atoms with Gasteiger partial charge in [-0.1, -0.05) is 59.9 Å². The second-order valence-corrected chi connectivity index (χ2v) is 9.03. The van der Waals surface area contributed by atoms with E-state index >= 15 is 0 Å². The normalized spacial score (nSPS) is 12.2. The predicted molar refractivity (Wildman–Crippen MR) is 133 cm³/mol. The van der Waals surface area contributed by atoms with Crippen molar-refractivity contribution >= 4 is 33.7 Å². The molecule has 0 spiro atoms. The van der Waals surface area contributed by atoms with Gasteiger partial charge in [0.15, 0.2) is 0 Å². The molecular formula is C26H17F4N5OS. The van der Waals surface area contributed by atoms with Crippen LogP contribution in [0.4, 0.5) is 17.6 Å². The van der Waals surface area contributed by atoms with E-state index in [1.54, 1.807) is 19.1 Å². The molecule has 3 aromatic carbocycles. The number of rotatable bonds is 5. The molecule has 5 aromatic rings. The number of benzene rings is 3. The monoisotopic (exact) mass is 523 g/mol. The summed E-state index contributed by atoms with van der Waals surface area (Å²) < 4.78 is 55.2. The second-order valence-electron chi connectivity index (χ2n) is 8.08. The summed E-state index contributed by atoms with van der Waals surface area (Å²) in [7, 11) is 0. The van der Waals surface area contributed by atoms with Crippen molar-refractivity contribution < 1.29 is 22.4 Å². The lowest BCUT2D eigenvalue weighted by Gasteiger charge is -2.07. The molecule has 0 unspecified atom stereocenters. The Hall–Kier alpha value is -4.38. The number of nitrogens with zero attached hydrogens (tertiary/aromatic N) is 4. The number of fused-ring (bicyclic) bond motifs is 1. The highest BCUT2D eigenvalue weighted by atomic mass is 32.1. The summed E-state index contributed by atoms with van der Waals surface area (Å²) in [6.45, 7) is 1.63. The maximum Gasteiger partial charge on any atom is 0.417 e. The Kier molecular flexibility index (Phi) is 6.30. The van der Waals surface area contributed by atoms with Crippen LogP contribution in [-0.4, -0.2) is 26.4 Å². The van der Waals surface area contributed by atoms with Gasteiger partial charge in [0.05, 0.1) is 17.0 Å². The van der Waals surface area contributed by atoms with Gasteiger partial charge in [-0.3, -0.25) is 9.36 Å². The first-order valence-corrected chi connectivity index (χ1v) is 11.7. The Balaban J connectivity index is 1.46. The van der Waals surface area contributed by atoms with Crippen molar-refractivity contribution in [2.45, 2.75) is 13.1 Å². The fourth-order valence-corrected chi connectivity index (χ4v) is 4.41. The van der Waals surface area contributed by atoms with Gasteiger partial charge < -0.3 is 0 Å². The van der Waals surface area contributed by atoms with E-state index in [9.17, 15) is 22.4 Å². The molecule has 0 saturated carbocycles. The molecule has 2 heterocycles. The van der Waals surface area contributed by atoms with E-state index in [4.69, 9.17) is 0 Å². The zero-order valence-corrected chi connectivity index (χ0v) is 19.9.